The van der Waals surface area contributed by atoms with E-state index in [0.29, 0.717) is 11.8 Å². The standard InChI is InChI=1S/C9H20N2OS/c1-7(13-5)6-10-8(12)11-9(2,3)4/h7H,6H2,1-5H3,(H2,10,11,12). The van der Waals surface area contributed by atoms with E-state index in [2.05, 4.69) is 17.6 Å². The normalized spacial score (nSPS) is 13.6. The van der Waals surface area contributed by atoms with E-state index < -0.39 is 0 Å². The molecule has 0 aliphatic rings. The van der Waals surface area contributed by atoms with Gasteiger partial charge in [-0.25, -0.2) is 4.79 Å². The predicted molar refractivity (Wildman–Crippen MR) is 59.3 cm³/mol. The number of carbonyl (C=O) groups excluding carboxylic acids is 1. The Kier molecular flexibility index (Phi) is 5.21. The molecule has 0 spiro atoms. The molecule has 0 aromatic heterocycles. The average molecular weight is 204 g/mol. The number of amides is 2. The van der Waals surface area contributed by atoms with Crippen molar-refractivity contribution in [1.82, 2.24) is 10.6 Å². The zero-order valence-electron chi connectivity index (χ0n) is 9.10. The summed E-state index contributed by atoms with van der Waals surface area (Å²) in [6.07, 6.45) is 2.04. The molecule has 0 aromatic rings. The molecule has 78 valence electrons. The highest BCUT2D eigenvalue weighted by Crippen LogP contribution is 2.02. The quantitative estimate of drug-likeness (QED) is 0.736. The molecule has 1 unspecified atom stereocenters. The summed E-state index contributed by atoms with van der Waals surface area (Å²) in [4.78, 5) is 11.2. The fraction of sp³-hybridized carbons (Fsp3) is 0.889. The molecular weight excluding hydrogens is 184 g/mol. The van der Waals surface area contributed by atoms with Crippen molar-refractivity contribution in [2.45, 2.75) is 38.5 Å². The average Bonchev–Trinajstić information content (AvgIpc) is 1.97. The molecule has 0 aliphatic heterocycles. The monoisotopic (exact) mass is 204 g/mol. The largest absolute Gasteiger partial charge is 0.337 e. The topological polar surface area (TPSA) is 41.1 Å². The van der Waals surface area contributed by atoms with Crippen LogP contribution in [0.4, 0.5) is 4.79 Å². The summed E-state index contributed by atoms with van der Waals surface area (Å²) in [5.41, 5.74) is -0.160. The van der Waals surface area contributed by atoms with Crippen molar-refractivity contribution < 1.29 is 4.79 Å². The third-order valence-electron chi connectivity index (χ3n) is 1.44. The lowest BCUT2D eigenvalue weighted by Gasteiger charge is -2.21. The van der Waals surface area contributed by atoms with Gasteiger partial charge in [-0.1, -0.05) is 6.92 Å². The molecule has 1 atom stereocenters. The van der Waals surface area contributed by atoms with Gasteiger partial charge in [-0.15, -0.1) is 0 Å². The molecule has 0 aliphatic carbocycles. The summed E-state index contributed by atoms with van der Waals surface area (Å²) in [5, 5.41) is 6.12. The molecule has 4 heteroatoms. The first kappa shape index (κ1) is 12.6. The molecule has 2 N–H and O–H groups in total. The van der Waals surface area contributed by atoms with Crippen molar-refractivity contribution in [1.29, 1.82) is 0 Å². The van der Waals surface area contributed by atoms with Crippen molar-refractivity contribution in [2.24, 2.45) is 0 Å². The molecule has 0 radical (unpaired) electrons. The van der Waals surface area contributed by atoms with Gasteiger partial charge in [-0.2, -0.15) is 11.8 Å². The van der Waals surface area contributed by atoms with E-state index in [4.69, 9.17) is 0 Å². The van der Waals surface area contributed by atoms with Crippen molar-refractivity contribution in [3.05, 3.63) is 0 Å². The summed E-state index contributed by atoms with van der Waals surface area (Å²) in [7, 11) is 0. The Hall–Kier alpha value is -0.380. The van der Waals surface area contributed by atoms with E-state index in [1.807, 2.05) is 27.0 Å². The van der Waals surface area contributed by atoms with Crippen LogP contribution in [-0.4, -0.2) is 29.6 Å². The number of hydrogen-bond donors (Lipinski definition) is 2. The van der Waals surface area contributed by atoms with Crippen LogP contribution in [0.5, 0.6) is 0 Å². The smallest absolute Gasteiger partial charge is 0.315 e. The van der Waals surface area contributed by atoms with Crippen molar-refractivity contribution in [3.8, 4) is 0 Å². The highest BCUT2D eigenvalue weighted by Gasteiger charge is 2.13. The Morgan fingerprint density at radius 2 is 2.00 bits per heavy atom. The van der Waals surface area contributed by atoms with E-state index in [1.54, 1.807) is 11.8 Å². The van der Waals surface area contributed by atoms with Gasteiger partial charge in [0.25, 0.3) is 0 Å². The zero-order chi connectivity index (χ0) is 10.5. The maximum Gasteiger partial charge on any atom is 0.315 e. The molecule has 0 saturated heterocycles. The third-order valence-corrected chi connectivity index (χ3v) is 2.41. The maximum atomic E-state index is 11.2. The number of hydrogen-bond acceptors (Lipinski definition) is 2. The van der Waals surface area contributed by atoms with Crippen LogP contribution < -0.4 is 10.6 Å². The van der Waals surface area contributed by atoms with Crippen LogP contribution in [0.3, 0.4) is 0 Å². The minimum absolute atomic E-state index is 0.0894. The van der Waals surface area contributed by atoms with E-state index in [1.165, 1.54) is 0 Å². The van der Waals surface area contributed by atoms with Gasteiger partial charge in [0.05, 0.1) is 0 Å². The van der Waals surface area contributed by atoms with Crippen LogP contribution in [0.25, 0.3) is 0 Å². The second kappa shape index (κ2) is 5.37. The second-order valence-electron chi connectivity index (χ2n) is 4.13. The van der Waals surface area contributed by atoms with Gasteiger partial charge < -0.3 is 10.6 Å². The van der Waals surface area contributed by atoms with Gasteiger partial charge in [0.1, 0.15) is 0 Å². The van der Waals surface area contributed by atoms with Crippen LogP contribution in [0.2, 0.25) is 0 Å². The molecule has 0 rings (SSSR count). The lowest BCUT2D eigenvalue weighted by molar-refractivity contribution is 0.232. The van der Waals surface area contributed by atoms with Crippen LogP contribution in [0, 0.1) is 0 Å². The Bertz CT molecular complexity index is 165. The molecule has 13 heavy (non-hydrogen) atoms. The van der Waals surface area contributed by atoms with E-state index >= 15 is 0 Å². The first-order chi connectivity index (χ1) is 5.85. The number of rotatable bonds is 3. The first-order valence-electron chi connectivity index (χ1n) is 4.44. The Morgan fingerprint density at radius 1 is 1.46 bits per heavy atom. The lowest BCUT2D eigenvalue weighted by Crippen LogP contribution is -2.47. The third kappa shape index (κ3) is 7.96. The van der Waals surface area contributed by atoms with Crippen molar-refractivity contribution >= 4 is 17.8 Å². The van der Waals surface area contributed by atoms with Crippen LogP contribution in [0.1, 0.15) is 27.7 Å². The number of nitrogens with one attached hydrogen (secondary N) is 2. The fourth-order valence-corrected chi connectivity index (χ4v) is 0.955. The predicted octanol–water partition coefficient (Wildman–Crippen LogP) is 1.84. The summed E-state index contributed by atoms with van der Waals surface area (Å²) < 4.78 is 0. The van der Waals surface area contributed by atoms with Crippen molar-refractivity contribution in [3.63, 3.8) is 0 Å². The van der Waals surface area contributed by atoms with Gasteiger partial charge in [0.15, 0.2) is 0 Å². The minimum Gasteiger partial charge on any atom is -0.337 e. The molecule has 0 bridgehead atoms. The highest BCUT2D eigenvalue weighted by molar-refractivity contribution is 7.99. The molecule has 0 saturated carbocycles. The summed E-state index contributed by atoms with van der Waals surface area (Å²) in [5.74, 6) is 0. The SMILES string of the molecule is CSC(C)CNC(=O)NC(C)(C)C. The summed E-state index contributed by atoms with van der Waals surface area (Å²) in [6, 6.07) is -0.0894. The van der Waals surface area contributed by atoms with Gasteiger partial charge in [-0.05, 0) is 27.0 Å². The summed E-state index contributed by atoms with van der Waals surface area (Å²) in [6.45, 7) is 8.69. The number of thioether (sulfide) groups is 1. The Morgan fingerprint density at radius 3 is 2.38 bits per heavy atom. The van der Waals surface area contributed by atoms with Gasteiger partial charge in [-0.3, -0.25) is 0 Å². The van der Waals surface area contributed by atoms with E-state index in [0.717, 1.165) is 0 Å². The highest BCUT2D eigenvalue weighted by atomic mass is 32.2. The van der Waals surface area contributed by atoms with Crippen molar-refractivity contribution in [2.75, 3.05) is 12.8 Å². The van der Waals surface area contributed by atoms with Crippen LogP contribution in [-0.2, 0) is 0 Å². The van der Waals surface area contributed by atoms with E-state index in [9.17, 15) is 4.79 Å². The molecule has 0 heterocycles. The second-order valence-corrected chi connectivity index (χ2v) is 5.41. The Labute approximate surface area is 85.0 Å². The van der Waals surface area contributed by atoms with Crippen LogP contribution >= 0.6 is 11.8 Å². The zero-order valence-corrected chi connectivity index (χ0v) is 9.92. The van der Waals surface area contributed by atoms with Crippen LogP contribution in [0.15, 0.2) is 0 Å². The van der Waals surface area contributed by atoms with Gasteiger partial charge in [0, 0.05) is 17.3 Å². The van der Waals surface area contributed by atoms with E-state index in [-0.39, 0.29) is 11.6 Å². The number of carbonyl (C=O) groups is 1. The molecular formula is C9H20N2OS. The first-order valence-corrected chi connectivity index (χ1v) is 5.73. The van der Waals surface area contributed by atoms with Gasteiger partial charge >= 0.3 is 6.03 Å². The maximum absolute atomic E-state index is 11.2. The number of urea groups is 1. The summed E-state index contributed by atoms with van der Waals surface area (Å²) >= 11 is 1.74. The fourth-order valence-electron chi connectivity index (χ4n) is 0.705. The van der Waals surface area contributed by atoms with Gasteiger partial charge in [0.2, 0.25) is 0 Å². The molecule has 3 nitrogen and oxygen atoms in total. The minimum atomic E-state index is -0.160. The molecule has 0 fully saturated rings. The molecule has 0 aromatic carbocycles. The lowest BCUT2D eigenvalue weighted by atomic mass is 10.1. The molecule has 2 amide bonds. The Balaban J connectivity index is 3.64.